The SMILES string of the molecule is COC(=O)[C@@H]1C[C@H](Nc2cccc(-c3cncc4ncn(CCCN(C)C(=O)OC(C)(C)C)c34)n2)CN1C(=O)OCc1ccccc1. The molecule has 0 aliphatic carbocycles. The lowest BCUT2D eigenvalue weighted by Gasteiger charge is -2.24. The van der Waals surface area contributed by atoms with Gasteiger partial charge in [-0.2, -0.15) is 0 Å². The van der Waals surface area contributed by atoms with E-state index in [0.717, 1.165) is 22.2 Å². The van der Waals surface area contributed by atoms with Crippen LogP contribution in [0.3, 0.4) is 0 Å². The van der Waals surface area contributed by atoms with Crippen LogP contribution in [0.5, 0.6) is 0 Å². The number of aryl methyl sites for hydroxylation is 1. The number of imidazole rings is 1. The van der Waals surface area contributed by atoms with Crippen LogP contribution in [0.2, 0.25) is 0 Å². The Bertz CT molecular complexity index is 1700. The van der Waals surface area contributed by atoms with E-state index in [2.05, 4.69) is 15.3 Å². The monoisotopic (exact) mass is 643 g/mol. The molecule has 13 nitrogen and oxygen atoms in total. The second kappa shape index (κ2) is 14.5. The molecule has 2 atom stereocenters. The topological polar surface area (TPSA) is 141 Å². The van der Waals surface area contributed by atoms with E-state index in [4.69, 9.17) is 19.2 Å². The van der Waals surface area contributed by atoms with E-state index in [1.54, 1.807) is 30.7 Å². The molecule has 1 aliphatic heterocycles. The number of benzene rings is 1. The number of nitrogens with one attached hydrogen (secondary N) is 1. The maximum absolute atomic E-state index is 13.0. The Morgan fingerprint density at radius 3 is 2.60 bits per heavy atom. The van der Waals surface area contributed by atoms with Crippen LogP contribution in [0.4, 0.5) is 15.4 Å². The Kier molecular flexibility index (Phi) is 10.2. The quantitative estimate of drug-likeness (QED) is 0.183. The highest BCUT2D eigenvalue weighted by Crippen LogP contribution is 2.29. The summed E-state index contributed by atoms with van der Waals surface area (Å²) in [4.78, 5) is 54.8. The first-order chi connectivity index (χ1) is 22.5. The smallest absolute Gasteiger partial charge is 0.410 e. The summed E-state index contributed by atoms with van der Waals surface area (Å²) in [6, 6.07) is 13.9. The maximum Gasteiger partial charge on any atom is 0.410 e. The number of ether oxygens (including phenoxy) is 3. The first-order valence-corrected chi connectivity index (χ1v) is 15.5. The average Bonchev–Trinajstić information content (AvgIpc) is 3.67. The zero-order chi connectivity index (χ0) is 33.6. The van der Waals surface area contributed by atoms with Crippen molar-refractivity contribution in [3.8, 4) is 11.3 Å². The number of pyridine rings is 2. The predicted molar refractivity (Wildman–Crippen MR) is 175 cm³/mol. The van der Waals surface area contributed by atoms with Gasteiger partial charge in [0.25, 0.3) is 0 Å². The molecule has 1 aromatic carbocycles. The van der Waals surface area contributed by atoms with Crippen LogP contribution < -0.4 is 5.32 Å². The fourth-order valence-corrected chi connectivity index (χ4v) is 5.47. The predicted octanol–water partition coefficient (Wildman–Crippen LogP) is 5.11. The van der Waals surface area contributed by atoms with Crippen molar-refractivity contribution >= 4 is 35.0 Å². The van der Waals surface area contributed by atoms with E-state index < -0.39 is 23.7 Å². The maximum atomic E-state index is 13.0. The van der Waals surface area contributed by atoms with Crippen molar-refractivity contribution in [2.45, 2.75) is 64.4 Å². The molecule has 0 unspecified atom stereocenters. The van der Waals surface area contributed by atoms with E-state index in [9.17, 15) is 14.4 Å². The number of methoxy groups -OCH3 is 1. The number of nitrogens with zero attached hydrogens (tertiary/aromatic N) is 6. The first-order valence-electron chi connectivity index (χ1n) is 15.5. The molecule has 47 heavy (non-hydrogen) atoms. The summed E-state index contributed by atoms with van der Waals surface area (Å²) < 4.78 is 18.0. The number of fused-ring (bicyclic) bond motifs is 1. The number of carbonyl (C=O) groups is 3. The average molecular weight is 644 g/mol. The lowest BCUT2D eigenvalue weighted by molar-refractivity contribution is -0.145. The molecule has 0 saturated carbocycles. The number of carbonyl (C=O) groups excluding carboxylic acids is 3. The molecule has 4 heterocycles. The fraction of sp³-hybridized carbons (Fsp3) is 0.412. The number of hydrogen-bond donors (Lipinski definition) is 1. The van der Waals surface area contributed by atoms with Gasteiger partial charge in [-0.05, 0) is 44.9 Å². The minimum absolute atomic E-state index is 0.0996. The van der Waals surface area contributed by atoms with Gasteiger partial charge in [-0.15, -0.1) is 0 Å². The Balaban J connectivity index is 1.27. The van der Waals surface area contributed by atoms with Crippen molar-refractivity contribution in [3.05, 3.63) is 72.8 Å². The molecule has 0 spiro atoms. The molecular formula is C34H41N7O6. The van der Waals surface area contributed by atoms with E-state index >= 15 is 0 Å². The van der Waals surface area contributed by atoms with E-state index in [-0.39, 0.29) is 25.3 Å². The summed E-state index contributed by atoms with van der Waals surface area (Å²) in [7, 11) is 3.03. The summed E-state index contributed by atoms with van der Waals surface area (Å²) in [6.45, 7) is 7.00. The van der Waals surface area contributed by atoms with Gasteiger partial charge in [-0.25, -0.2) is 24.4 Å². The Morgan fingerprint density at radius 2 is 1.85 bits per heavy atom. The molecule has 1 aliphatic rings. The summed E-state index contributed by atoms with van der Waals surface area (Å²) >= 11 is 0. The largest absolute Gasteiger partial charge is 0.467 e. The Labute approximate surface area is 273 Å². The van der Waals surface area contributed by atoms with Gasteiger partial charge in [-0.3, -0.25) is 9.88 Å². The van der Waals surface area contributed by atoms with Crippen molar-refractivity contribution in [1.82, 2.24) is 29.3 Å². The van der Waals surface area contributed by atoms with Gasteiger partial charge < -0.3 is 29.0 Å². The van der Waals surface area contributed by atoms with Gasteiger partial charge in [0.2, 0.25) is 0 Å². The van der Waals surface area contributed by atoms with Gasteiger partial charge in [0, 0.05) is 50.9 Å². The van der Waals surface area contributed by atoms with Crippen molar-refractivity contribution in [1.29, 1.82) is 0 Å². The molecule has 248 valence electrons. The molecule has 3 aromatic heterocycles. The molecule has 1 fully saturated rings. The molecule has 1 saturated heterocycles. The standard InChI is InChI=1S/C34H41N7O6/c1-34(2,3)47-32(43)39(4)15-10-16-40-22-36-27-19-35-18-25(30(27)40)26-13-9-14-29(38-26)37-24-17-28(31(42)45-5)41(20-24)33(44)46-21-23-11-7-6-8-12-23/h6-9,11-14,18-19,22,24,28H,10,15-17,20-21H2,1-5H3,(H,37,38)/t24-,28-/m0/s1. The Morgan fingerprint density at radius 1 is 1.06 bits per heavy atom. The number of aromatic nitrogens is 4. The second-order valence-electron chi connectivity index (χ2n) is 12.5. The van der Waals surface area contributed by atoms with Crippen molar-refractivity contribution in [2.75, 3.05) is 32.6 Å². The number of likely N-dealkylation sites (tertiary alicyclic amines) is 1. The van der Waals surface area contributed by atoms with Crippen molar-refractivity contribution < 1.29 is 28.6 Å². The van der Waals surface area contributed by atoms with Crippen molar-refractivity contribution in [3.63, 3.8) is 0 Å². The second-order valence-corrected chi connectivity index (χ2v) is 12.5. The zero-order valence-electron chi connectivity index (χ0n) is 27.4. The van der Waals surface area contributed by atoms with E-state index in [0.29, 0.717) is 37.4 Å². The van der Waals surface area contributed by atoms with Gasteiger partial charge in [-0.1, -0.05) is 36.4 Å². The fourth-order valence-electron chi connectivity index (χ4n) is 5.47. The third-order valence-corrected chi connectivity index (χ3v) is 7.71. The highest BCUT2D eigenvalue weighted by Gasteiger charge is 2.41. The minimum atomic E-state index is -0.786. The number of anilines is 1. The molecule has 2 amide bonds. The lowest BCUT2D eigenvalue weighted by Crippen LogP contribution is -2.41. The highest BCUT2D eigenvalue weighted by atomic mass is 16.6. The van der Waals surface area contributed by atoms with Crippen LogP contribution in [0.1, 0.15) is 39.2 Å². The van der Waals surface area contributed by atoms with Crippen LogP contribution in [0.15, 0.2) is 67.3 Å². The Hall–Kier alpha value is -5.20. The van der Waals surface area contributed by atoms with E-state index in [1.165, 1.54) is 12.0 Å². The van der Waals surface area contributed by atoms with Gasteiger partial charge >= 0.3 is 18.2 Å². The molecular weight excluding hydrogens is 602 g/mol. The third-order valence-electron chi connectivity index (χ3n) is 7.71. The van der Waals surface area contributed by atoms with Crippen LogP contribution >= 0.6 is 0 Å². The van der Waals surface area contributed by atoms with E-state index in [1.807, 2.05) is 73.9 Å². The molecule has 1 N–H and O–H groups in total. The number of esters is 1. The molecule has 13 heteroatoms. The van der Waals surface area contributed by atoms with Crippen LogP contribution in [0, 0.1) is 0 Å². The van der Waals surface area contributed by atoms with Gasteiger partial charge in [0.1, 0.15) is 29.6 Å². The normalized spacial score (nSPS) is 16.1. The zero-order valence-corrected chi connectivity index (χ0v) is 27.4. The lowest BCUT2D eigenvalue weighted by atomic mass is 10.1. The third kappa shape index (κ3) is 8.34. The summed E-state index contributed by atoms with van der Waals surface area (Å²) in [5.41, 5.74) is 3.38. The van der Waals surface area contributed by atoms with Gasteiger partial charge in [0.15, 0.2) is 0 Å². The van der Waals surface area contributed by atoms with Crippen molar-refractivity contribution in [2.24, 2.45) is 0 Å². The van der Waals surface area contributed by atoms with Crippen LogP contribution in [-0.4, -0.2) is 92.4 Å². The number of amides is 2. The van der Waals surface area contributed by atoms with Gasteiger partial charge in [0.05, 0.1) is 30.8 Å². The molecule has 0 bridgehead atoms. The number of rotatable bonds is 10. The first kappa shape index (κ1) is 33.2. The molecule has 4 aromatic rings. The number of hydrogen-bond acceptors (Lipinski definition) is 10. The molecule has 5 rings (SSSR count). The summed E-state index contributed by atoms with van der Waals surface area (Å²) in [5, 5.41) is 3.39. The van der Waals surface area contributed by atoms with Crippen LogP contribution in [0.25, 0.3) is 22.3 Å². The summed E-state index contributed by atoms with van der Waals surface area (Å²) in [6.07, 6.45) is 5.31. The highest BCUT2D eigenvalue weighted by molar-refractivity contribution is 5.90. The molecule has 0 radical (unpaired) electrons. The van der Waals surface area contributed by atoms with Crippen LogP contribution in [-0.2, 0) is 32.2 Å². The summed E-state index contributed by atoms with van der Waals surface area (Å²) in [5.74, 6) is 0.0774. The minimum Gasteiger partial charge on any atom is -0.467 e.